The van der Waals surface area contributed by atoms with Gasteiger partial charge in [-0.1, -0.05) is 28.9 Å². The molecule has 0 saturated carbocycles. The first-order chi connectivity index (χ1) is 9.08. The highest BCUT2D eigenvalue weighted by Crippen LogP contribution is 2.21. The third-order valence-electron chi connectivity index (χ3n) is 2.48. The molecule has 0 heterocycles. The fourth-order valence-corrected chi connectivity index (χ4v) is 1.62. The molecule has 20 heavy (non-hydrogen) atoms. The zero-order chi connectivity index (χ0) is 15.8. The molecular weight excluding hydrogens is 252 g/mol. The maximum atomic E-state index is 11.6. The van der Waals surface area contributed by atoms with Crippen molar-refractivity contribution in [3.05, 3.63) is 23.8 Å². The third kappa shape index (κ3) is 9.48. The van der Waals surface area contributed by atoms with Gasteiger partial charge in [-0.05, 0) is 61.3 Å². The van der Waals surface area contributed by atoms with Crippen LogP contribution >= 0.6 is 0 Å². The molecule has 0 aliphatic carbocycles. The van der Waals surface area contributed by atoms with Crippen LogP contribution in [0.3, 0.4) is 0 Å². The van der Waals surface area contributed by atoms with E-state index in [1.807, 2.05) is 26.0 Å². The first kappa shape index (κ1) is 18.6. The van der Waals surface area contributed by atoms with E-state index in [4.69, 9.17) is 4.74 Å². The summed E-state index contributed by atoms with van der Waals surface area (Å²) in [6.07, 6.45) is 7.10. The number of nitrogens with zero attached hydrogens (tertiary/aromatic N) is 2. The van der Waals surface area contributed by atoms with Gasteiger partial charge >= 0.3 is 6.09 Å². The monoisotopic (exact) mass is 280 g/mol. The van der Waals surface area contributed by atoms with Crippen LogP contribution in [0.5, 0.6) is 0 Å². The van der Waals surface area contributed by atoms with Gasteiger partial charge in [0, 0.05) is 0 Å². The zero-order valence-electron chi connectivity index (χ0n) is 13.9. The summed E-state index contributed by atoms with van der Waals surface area (Å²) in [6.45, 7) is 13.4. The first-order valence-corrected chi connectivity index (χ1v) is 7.01. The fraction of sp³-hybridized carbons (Fsp3) is 0.688. The lowest BCUT2D eigenvalue weighted by molar-refractivity contribution is 0.0585. The topological polar surface area (TPSA) is 51.0 Å². The van der Waals surface area contributed by atoms with Crippen molar-refractivity contribution in [1.29, 1.82) is 0 Å². The van der Waals surface area contributed by atoms with Gasteiger partial charge in [-0.2, -0.15) is 5.11 Å². The molecule has 1 atom stereocenters. The Balaban J connectivity index is 4.75. The van der Waals surface area contributed by atoms with Gasteiger partial charge in [0.05, 0.1) is 5.54 Å². The predicted octanol–water partition coefficient (Wildman–Crippen LogP) is 5.45. The van der Waals surface area contributed by atoms with Gasteiger partial charge in [0.25, 0.3) is 0 Å². The molecule has 0 N–H and O–H groups in total. The van der Waals surface area contributed by atoms with Crippen molar-refractivity contribution in [2.24, 2.45) is 10.2 Å². The summed E-state index contributed by atoms with van der Waals surface area (Å²) in [6, 6.07) is 0. The number of ether oxygens (including phenoxy) is 1. The molecule has 0 aromatic carbocycles. The first-order valence-electron chi connectivity index (χ1n) is 7.01. The highest BCUT2D eigenvalue weighted by Gasteiger charge is 2.21. The van der Waals surface area contributed by atoms with Gasteiger partial charge in [-0.3, -0.25) is 0 Å². The van der Waals surface area contributed by atoms with Gasteiger partial charge in [-0.25, -0.2) is 4.79 Å². The van der Waals surface area contributed by atoms with Crippen molar-refractivity contribution in [3.8, 4) is 0 Å². The number of allylic oxidation sites excluding steroid dienone is 3. The molecule has 0 aliphatic heterocycles. The molecule has 0 aromatic rings. The summed E-state index contributed by atoms with van der Waals surface area (Å²) in [7, 11) is 0. The van der Waals surface area contributed by atoms with Crippen LogP contribution in [-0.2, 0) is 4.74 Å². The second-order valence-corrected chi connectivity index (χ2v) is 6.36. The molecule has 1 amide bonds. The van der Waals surface area contributed by atoms with Crippen LogP contribution in [0.25, 0.3) is 0 Å². The number of hydrogen-bond acceptors (Lipinski definition) is 3. The number of carbonyl (C=O) groups is 1. The standard InChI is InChI=1S/C16H28N2O2/c1-8-11-16(7,12-9-10-13(2)3)18-17-14(19)20-15(4,5)6/h8,10-11H,9,12H2,1-7H3/b11-8+,18-17?/t16-/m0/s1. The van der Waals surface area contributed by atoms with Crippen LogP contribution in [0.4, 0.5) is 4.79 Å². The Morgan fingerprint density at radius 2 is 1.80 bits per heavy atom. The van der Waals surface area contributed by atoms with Crippen LogP contribution in [0.2, 0.25) is 0 Å². The van der Waals surface area contributed by atoms with Crippen LogP contribution in [0.15, 0.2) is 34.0 Å². The van der Waals surface area contributed by atoms with E-state index in [1.165, 1.54) is 5.57 Å². The van der Waals surface area contributed by atoms with E-state index in [1.54, 1.807) is 20.8 Å². The van der Waals surface area contributed by atoms with Gasteiger partial charge in [0.15, 0.2) is 0 Å². The largest absolute Gasteiger partial charge is 0.452 e. The normalized spacial score (nSPS) is 15.3. The van der Waals surface area contributed by atoms with Crippen molar-refractivity contribution >= 4 is 6.09 Å². The van der Waals surface area contributed by atoms with Gasteiger partial charge in [-0.15, -0.1) is 0 Å². The van der Waals surface area contributed by atoms with Crippen LogP contribution in [0.1, 0.15) is 61.3 Å². The van der Waals surface area contributed by atoms with Crippen LogP contribution < -0.4 is 0 Å². The predicted molar refractivity (Wildman–Crippen MR) is 83.0 cm³/mol. The molecule has 0 rings (SSSR count). The minimum atomic E-state index is -0.643. The van der Waals surface area contributed by atoms with E-state index < -0.39 is 17.2 Å². The molecular formula is C16H28N2O2. The molecule has 0 bridgehead atoms. The van der Waals surface area contributed by atoms with Gasteiger partial charge in [0.1, 0.15) is 5.60 Å². The zero-order valence-corrected chi connectivity index (χ0v) is 13.9. The molecule has 4 heteroatoms. The summed E-state index contributed by atoms with van der Waals surface area (Å²) < 4.78 is 5.12. The number of rotatable bonds is 5. The molecule has 0 radical (unpaired) electrons. The molecule has 0 fully saturated rings. The van der Waals surface area contributed by atoms with E-state index in [0.29, 0.717) is 0 Å². The maximum Gasteiger partial charge on any atom is 0.452 e. The molecule has 0 unspecified atom stereocenters. The number of amides is 1. The van der Waals surface area contributed by atoms with Crippen LogP contribution in [-0.4, -0.2) is 17.2 Å². The van der Waals surface area contributed by atoms with E-state index >= 15 is 0 Å². The van der Waals surface area contributed by atoms with Gasteiger partial charge in [0.2, 0.25) is 0 Å². The third-order valence-corrected chi connectivity index (χ3v) is 2.48. The van der Waals surface area contributed by atoms with E-state index in [0.717, 1.165) is 12.8 Å². The SMILES string of the molecule is C/C=C/[C@@](C)(CCC=C(C)C)N=NC(=O)OC(C)(C)C. The van der Waals surface area contributed by atoms with E-state index in [9.17, 15) is 4.79 Å². The van der Waals surface area contributed by atoms with Crippen molar-refractivity contribution in [3.63, 3.8) is 0 Å². The quantitative estimate of drug-likeness (QED) is 0.496. The maximum absolute atomic E-state index is 11.6. The van der Waals surface area contributed by atoms with Crippen molar-refractivity contribution < 1.29 is 9.53 Å². The molecule has 0 aromatic heterocycles. The molecule has 4 nitrogen and oxygen atoms in total. The second kappa shape index (κ2) is 7.98. The Bertz CT molecular complexity index is 399. The van der Waals surface area contributed by atoms with E-state index in [2.05, 4.69) is 30.2 Å². The summed E-state index contributed by atoms with van der Waals surface area (Å²) in [5, 5.41) is 7.85. The average molecular weight is 280 g/mol. The Kier molecular flexibility index (Phi) is 7.40. The Morgan fingerprint density at radius 1 is 1.20 bits per heavy atom. The molecule has 0 spiro atoms. The Labute approximate surface area is 123 Å². The summed E-state index contributed by atoms with van der Waals surface area (Å²) >= 11 is 0. The molecule has 0 aliphatic rings. The fourth-order valence-electron chi connectivity index (χ4n) is 1.62. The highest BCUT2D eigenvalue weighted by atomic mass is 16.6. The molecule has 0 saturated heterocycles. The van der Waals surface area contributed by atoms with Crippen molar-refractivity contribution in [2.45, 2.75) is 72.4 Å². The van der Waals surface area contributed by atoms with Crippen LogP contribution in [0, 0.1) is 0 Å². The highest BCUT2D eigenvalue weighted by molar-refractivity contribution is 5.67. The lowest BCUT2D eigenvalue weighted by Gasteiger charge is -2.20. The minimum Gasteiger partial charge on any atom is -0.441 e. The Hall–Kier alpha value is -1.45. The van der Waals surface area contributed by atoms with Gasteiger partial charge < -0.3 is 4.74 Å². The Morgan fingerprint density at radius 3 is 2.25 bits per heavy atom. The van der Waals surface area contributed by atoms with E-state index in [-0.39, 0.29) is 0 Å². The number of hydrogen-bond donors (Lipinski definition) is 0. The second-order valence-electron chi connectivity index (χ2n) is 6.36. The number of azo groups is 1. The number of carbonyl (C=O) groups excluding carboxylic acids is 1. The molecule has 114 valence electrons. The minimum absolute atomic E-state index is 0.475. The summed E-state index contributed by atoms with van der Waals surface area (Å²) in [5.74, 6) is 0. The lowest BCUT2D eigenvalue weighted by Crippen LogP contribution is -2.23. The lowest BCUT2D eigenvalue weighted by atomic mass is 9.96. The average Bonchev–Trinajstić information content (AvgIpc) is 2.24. The van der Waals surface area contributed by atoms with Crippen molar-refractivity contribution in [2.75, 3.05) is 0 Å². The summed E-state index contributed by atoms with van der Waals surface area (Å²) in [4.78, 5) is 11.6. The summed E-state index contributed by atoms with van der Waals surface area (Å²) in [5.41, 5.74) is 0.254. The smallest absolute Gasteiger partial charge is 0.441 e. The van der Waals surface area contributed by atoms with Crippen molar-refractivity contribution in [1.82, 2.24) is 0 Å².